The molecule has 0 aliphatic heterocycles. The lowest BCUT2D eigenvalue weighted by Crippen LogP contribution is -2.01. The van der Waals surface area contributed by atoms with Gasteiger partial charge in [-0.05, 0) is 5.41 Å². The van der Waals surface area contributed by atoms with Crippen molar-refractivity contribution in [3.05, 3.63) is 12.2 Å². The molecule has 0 spiro atoms. The van der Waals surface area contributed by atoms with Gasteiger partial charge in [0.15, 0.2) is 0 Å². The molecule has 0 saturated heterocycles. The first-order chi connectivity index (χ1) is 4.95. The molecule has 2 nitrogen and oxygen atoms in total. The van der Waals surface area contributed by atoms with Crippen LogP contribution in [0.5, 0.6) is 0 Å². The molecule has 0 saturated carbocycles. The molecular formula is C9H16O2. The number of carbonyl (C=O) groups is 1. The minimum Gasteiger partial charge on any atom is -0.469 e. The van der Waals surface area contributed by atoms with E-state index in [9.17, 15) is 4.79 Å². The average Bonchev–Trinajstić information content (AvgIpc) is 1.85. The topological polar surface area (TPSA) is 26.3 Å². The Kier molecular flexibility index (Phi) is 3.86. The summed E-state index contributed by atoms with van der Waals surface area (Å²) < 4.78 is 4.47. The van der Waals surface area contributed by atoms with E-state index in [1.165, 1.54) is 7.11 Å². The normalized spacial score (nSPS) is 12.0. The summed E-state index contributed by atoms with van der Waals surface area (Å²) >= 11 is 0. The zero-order valence-corrected chi connectivity index (χ0v) is 7.68. The molecule has 0 heterocycles. The van der Waals surface area contributed by atoms with E-state index in [4.69, 9.17) is 0 Å². The minimum atomic E-state index is -0.189. The Morgan fingerprint density at radius 2 is 2.00 bits per heavy atom. The Morgan fingerprint density at radius 1 is 1.45 bits per heavy atom. The number of ether oxygens (including phenoxy) is 1. The fourth-order valence-corrected chi connectivity index (χ4v) is 0.592. The molecule has 2 heteroatoms. The van der Waals surface area contributed by atoms with Crippen LogP contribution >= 0.6 is 0 Å². The van der Waals surface area contributed by atoms with Crippen LogP contribution in [0.15, 0.2) is 12.2 Å². The maximum absolute atomic E-state index is 10.6. The van der Waals surface area contributed by atoms with Gasteiger partial charge in [-0.25, -0.2) is 0 Å². The quantitative estimate of drug-likeness (QED) is 0.452. The SMILES string of the molecule is COC(=O)C/C=C/C(C)(C)C. The van der Waals surface area contributed by atoms with Crippen LogP contribution in [0.25, 0.3) is 0 Å². The Hall–Kier alpha value is -0.790. The molecule has 0 radical (unpaired) electrons. The van der Waals surface area contributed by atoms with Gasteiger partial charge in [0.25, 0.3) is 0 Å². The second kappa shape index (κ2) is 4.16. The van der Waals surface area contributed by atoms with Crippen LogP contribution in [0.3, 0.4) is 0 Å². The summed E-state index contributed by atoms with van der Waals surface area (Å²) in [6.45, 7) is 6.25. The second-order valence-corrected chi connectivity index (χ2v) is 3.55. The van der Waals surface area contributed by atoms with Gasteiger partial charge < -0.3 is 4.74 Å². The molecule has 0 unspecified atom stereocenters. The van der Waals surface area contributed by atoms with E-state index in [1.54, 1.807) is 0 Å². The van der Waals surface area contributed by atoms with Gasteiger partial charge >= 0.3 is 5.97 Å². The first-order valence-electron chi connectivity index (χ1n) is 3.70. The highest BCUT2D eigenvalue weighted by Gasteiger charge is 2.03. The van der Waals surface area contributed by atoms with Gasteiger partial charge in [-0.15, -0.1) is 0 Å². The first kappa shape index (κ1) is 10.2. The van der Waals surface area contributed by atoms with Crippen molar-refractivity contribution < 1.29 is 9.53 Å². The number of carbonyl (C=O) groups excluding carboxylic acids is 1. The third kappa shape index (κ3) is 7.10. The summed E-state index contributed by atoms with van der Waals surface area (Å²) in [5.74, 6) is -0.189. The molecule has 0 N–H and O–H groups in total. The predicted molar refractivity (Wildman–Crippen MR) is 45.2 cm³/mol. The van der Waals surface area contributed by atoms with Crippen molar-refractivity contribution in [2.45, 2.75) is 27.2 Å². The van der Waals surface area contributed by atoms with Crippen LogP contribution in [-0.4, -0.2) is 13.1 Å². The van der Waals surface area contributed by atoms with Crippen molar-refractivity contribution in [3.63, 3.8) is 0 Å². The summed E-state index contributed by atoms with van der Waals surface area (Å²) in [7, 11) is 1.40. The summed E-state index contributed by atoms with van der Waals surface area (Å²) in [4.78, 5) is 10.6. The average molecular weight is 156 g/mol. The Bertz CT molecular complexity index is 151. The maximum atomic E-state index is 10.6. The van der Waals surface area contributed by atoms with Crippen molar-refractivity contribution in [2.75, 3.05) is 7.11 Å². The van der Waals surface area contributed by atoms with Crippen LogP contribution in [0.4, 0.5) is 0 Å². The van der Waals surface area contributed by atoms with E-state index in [0.717, 1.165) is 0 Å². The van der Waals surface area contributed by atoms with Gasteiger partial charge in [-0.1, -0.05) is 32.9 Å². The first-order valence-corrected chi connectivity index (χ1v) is 3.70. The number of hydrogen-bond donors (Lipinski definition) is 0. The van der Waals surface area contributed by atoms with E-state index >= 15 is 0 Å². The monoisotopic (exact) mass is 156 g/mol. The standard InChI is InChI=1S/C9H16O2/c1-9(2,3)7-5-6-8(10)11-4/h5,7H,6H2,1-4H3/b7-5+. The van der Waals surface area contributed by atoms with Crippen molar-refractivity contribution in [1.82, 2.24) is 0 Å². The lowest BCUT2D eigenvalue weighted by Gasteiger charge is -2.10. The fraction of sp³-hybridized carbons (Fsp3) is 0.667. The van der Waals surface area contributed by atoms with E-state index < -0.39 is 0 Å². The summed E-state index contributed by atoms with van der Waals surface area (Å²) in [6.07, 6.45) is 4.21. The number of rotatable bonds is 2. The van der Waals surface area contributed by atoms with Crippen molar-refractivity contribution in [3.8, 4) is 0 Å². The lowest BCUT2D eigenvalue weighted by molar-refractivity contribution is -0.139. The predicted octanol–water partition coefficient (Wildman–Crippen LogP) is 2.15. The van der Waals surface area contributed by atoms with Crippen LogP contribution < -0.4 is 0 Å². The van der Waals surface area contributed by atoms with Gasteiger partial charge in [-0.3, -0.25) is 4.79 Å². The summed E-state index contributed by atoms with van der Waals surface area (Å²) in [6, 6.07) is 0. The molecule has 0 aliphatic carbocycles. The highest BCUT2D eigenvalue weighted by Crippen LogP contribution is 2.14. The maximum Gasteiger partial charge on any atom is 0.309 e. The summed E-state index contributed by atoms with van der Waals surface area (Å²) in [5.41, 5.74) is 0.147. The van der Waals surface area contributed by atoms with Crippen LogP contribution in [-0.2, 0) is 9.53 Å². The fourth-order valence-electron chi connectivity index (χ4n) is 0.592. The van der Waals surface area contributed by atoms with Gasteiger partial charge in [0.1, 0.15) is 0 Å². The molecule has 0 aromatic heterocycles. The molecule has 0 atom stereocenters. The third-order valence-electron chi connectivity index (χ3n) is 1.13. The molecule has 0 aromatic carbocycles. The van der Waals surface area contributed by atoms with E-state index in [-0.39, 0.29) is 11.4 Å². The van der Waals surface area contributed by atoms with Crippen molar-refractivity contribution in [1.29, 1.82) is 0 Å². The Morgan fingerprint density at radius 3 is 2.36 bits per heavy atom. The molecule has 0 aromatic rings. The van der Waals surface area contributed by atoms with Crippen LogP contribution in [0, 0.1) is 5.41 Å². The Labute approximate surface area is 68.2 Å². The van der Waals surface area contributed by atoms with Gasteiger partial charge in [0.05, 0.1) is 13.5 Å². The molecule has 11 heavy (non-hydrogen) atoms. The Balaban J connectivity index is 3.70. The van der Waals surface area contributed by atoms with Gasteiger partial charge in [-0.2, -0.15) is 0 Å². The van der Waals surface area contributed by atoms with Crippen LogP contribution in [0.1, 0.15) is 27.2 Å². The van der Waals surface area contributed by atoms with Crippen molar-refractivity contribution >= 4 is 5.97 Å². The molecular weight excluding hydrogens is 140 g/mol. The second-order valence-electron chi connectivity index (χ2n) is 3.55. The molecule has 0 aliphatic rings. The number of allylic oxidation sites excluding steroid dienone is 1. The third-order valence-corrected chi connectivity index (χ3v) is 1.13. The van der Waals surface area contributed by atoms with E-state index in [0.29, 0.717) is 6.42 Å². The molecule has 0 rings (SSSR count). The van der Waals surface area contributed by atoms with E-state index in [2.05, 4.69) is 25.5 Å². The number of hydrogen-bond acceptors (Lipinski definition) is 2. The molecule has 0 fully saturated rings. The zero-order valence-electron chi connectivity index (χ0n) is 7.68. The summed E-state index contributed by atoms with van der Waals surface area (Å²) in [5, 5.41) is 0. The molecule has 0 bridgehead atoms. The van der Waals surface area contributed by atoms with Crippen LogP contribution in [0.2, 0.25) is 0 Å². The zero-order chi connectivity index (χ0) is 8.91. The lowest BCUT2D eigenvalue weighted by atomic mass is 9.96. The highest BCUT2D eigenvalue weighted by atomic mass is 16.5. The molecule has 0 amide bonds. The van der Waals surface area contributed by atoms with Crippen molar-refractivity contribution in [2.24, 2.45) is 5.41 Å². The minimum absolute atomic E-state index is 0.147. The van der Waals surface area contributed by atoms with E-state index in [1.807, 2.05) is 12.2 Å². The highest BCUT2D eigenvalue weighted by molar-refractivity contribution is 5.70. The molecule has 64 valence electrons. The van der Waals surface area contributed by atoms with Gasteiger partial charge in [0.2, 0.25) is 0 Å². The van der Waals surface area contributed by atoms with Gasteiger partial charge in [0, 0.05) is 0 Å². The number of methoxy groups -OCH3 is 1. The largest absolute Gasteiger partial charge is 0.469 e. The smallest absolute Gasteiger partial charge is 0.309 e. The number of esters is 1.